The van der Waals surface area contributed by atoms with Gasteiger partial charge in [-0.1, -0.05) is 24.3 Å². The number of para-hydroxylation sites is 4. The summed E-state index contributed by atoms with van der Waals surface area (Å²) >= 11 is 0. The van der Waals surface area contributed by atoms with Crippen molar-refractivity contribution in [3.05, 3.63) is 48.5 Å². The molecule has 0 saturated heterocycles. The molecular formula is C20H26O6. The predicted octanol–water partition coefficient (Wildman–Crippen LogP) is 2.93. The zero-order valence-electron chi connectivity index (χ0n) is 15.1. The Labute approximate surface area is 154 Å². The van der Waals surface area contributed by atoms with E-state index in [4.69, 9.17) is 28.8 Å². The van der Waals surface area contributed by atoms with Crippen molar-refractivity contribution in [3.8, 4) is 23.0 Å². The van der Waals surface area contributed by atoms with Crippen molar-refractivity contribution < 1.29 is 28.8 Å². The molecule has 0 aliphatic heterocycles. The topological polar surface area (TPSA) is 66.4 Å². The average molecular weight is 362 g/mol. The van der Waals surface area contributed by atoms with E-state index in [0.717, 1.165) is 5.75 Å². The minimum atomic E-state index is -0.0378. The van der Waals surface area contributed by atoms with Crippen LogP contribution in [0, 0.1) is 0 Å². The molecule has 6 nitrogen and oxygen atoms in total. The van der Waals surface area contributed by atoms with Crippen LogP contribution in [-0.2, 0) is 4.74 Å². The molecule has 2 rings (SSSR count). The Morgan fingerprint density at radius 1 is 0.615 bits per heavy atom. The van der Waals surface area contributed by atoms with Crippen molar-refractivity contribution in [2.75, 3.05) is 46.2 Å². The molecule has 0 amide bonds. The molecule has 0 unspecified atom stereocenters. The predicted molar refractivity (Wildman–Crippen MR) is 98.4 cm³/mol. The molecule has 6 heteroatoms. The zero-order valence-corrected chi connectivity index (χ0v) is 15.1. The summed E-state index contributed by atoms with van der Waals surface area (Å²) in [6.45, 7) is 4.44. The van der Waals surface area contributed by atoms with Crippen LogP contribution in [0.4, 0.5) is 0 Å². The molecule has 0 radical (unpaired) electrons. The van der Waals surface area contributed by atoms with E-state index in [-0.39, 0.29) is 13.2 Å². The summed E-state index contributed by atoms with van der Waals surface area (Å²) in [5.41, 5.74) is 0. The molecule has 0 atom stereocenters. The van der Waals surface area contributed by atoms with E-state index in [1.54, 1.807) is 6.07 Å². The first-order valence-corrected chi connectivity index (χ1v) is 8.73. The van der Waals surface area contributed by atoms with Crippen molar-refractivity contribution in [2.45, 2.75) is 6.92 Å². The summed E-state index contributed by atoms with van der Waals surface area (Å²) in [4.78, 5) is 0. The molecule has 0 bridgehead atoms. The van der Waals surface area contributed by atoms with Gasteiger partial charge in [0.05, 0.1) is 26.4 Å². The third kappa shape index (κ3) is 6.82. The summed E-state index contributed by atoms with van der Waals surface area (Å²) in [5, 5.41) is 8.84. The van der Waals surface area contributed by atoms with Crippen molar-refractivity contribution in [1.82, 2.24) is 0 Å². The maximum absolute atomic E-state index is 8.84. The summed E-state index contributed by atoms with van der Waals surface area (Å²) in [6, 6.07) is 14.9. The highest BCUT2D eigenvalue weighted by Gasteiger charge is 2.05. The van der Waals surface area contributed by atoms with Crippen LogP contribution in [0.15, 0.2) is 48.5 Å². The maximum Gasteiger partial charge on any atom is 0.161 e. The molecule has 142 valence electrons. The van der Waals surface area contributed by atoms with Crippen molar-refractivity contribution in [2.24, 2.45) is 0 Å². The van der Waals surface area contributed by atoms with Gasteiger partial charge in [0, 0.05) is 0 Å². The summed E-state index contributed by atoms with van der Waals surface area (Å²) in [6.07, 6.45) is 0. The number of benzene rings is 2. The first-order chi connectivity index (χ1) is 12.8. The van der Waals surface area contributed by atoms with Gasteiger partial charge in [-0.15, -0.1) is 0 Å². The first-order valence-electron chi connectivity index (χ1n) is 8.73. The van der Waals surface area contributed by atoms with Crippen LogP contribution in [0.5, 0.6) is 23.0 Å². The second-order valence-corrected chi connectivity index (χ2v) is 5.21. The molecule has 2 aromatic rings. The molecule has 0 aliphatic carbocycles. The first kappa shape index (κ1) is 19.9. The van der Waals surface area contributed by atoms with Gasteiger partial charge in [-0.25, -0.2) is 0 Å². The summed E-state index contributed by atoms with van der Waals surface area (Å²) in [5.74, 6) is 2.69. The fourth-order valence-electron chi connectivity index (χ4n) is 2.21. The third-order valence-electron chi connectivity index (χ3n) is 3.32. The van der Waals surface area contributed by atoms with Crippen LogP contribution >= 0.6 is 0 Å². The van der Waals surface area contributed by atoms with E-state index in [2.05, 4.69) is 0 Å². The monoisotopic (exact) mass is 362 g/mol. The Bertz CT molecular complexity index is 631. The van der Waals surface area contributed by atoms with Gasteiger partial charge in [0.2, 0.25) is 0 Å². The molecule has 2 aromatic carbocycles. The maximum atomic E-state index is 8.84. The summed E-state index contributed by atoms with van der Waals surface area (Å²) < 4.78 is 27.8. The SMILES string of the molecule is CCOc1ccccc1OCCOCCOc1ccccc1OCCO. The van der Waals surface area contributed by atoms with Crippen molar-refractivity contribution in [3.63, 3.8) is 0 Å². The molecule has 0 heterocycles. The van der Waals surface area contributed by atoms with Crippen molar-refractivity contribution >= 4 is 0 Å². The summed E-state index contributed by atoms with van der Waals surface area (Å²) in [7, 11) is 0. The molecule has 0 saturated carbocycles. The van der Waals surface area contributed by atoms with Gasteiger partial charge in [-0.3, -0.25) is 0 Å². The highest BCUT2D eigenvalue weighted by atomic mass is 16.6. The van der Waals surface area contributed by atoms with E-state index in [9.17, 15) is 0 Å². The Balaban J connectivity index is 1.63. The molecule has 26 heavy (non-hydrogen) atoms. The second kappa shape index (κ2) is 12.0. The van der Waals surface area contributed by atoms with E-state index >= 15 is 0 Å². The van der Waals surface area contributed by atoms with E-state index < -0.39 is 0 Å². The Morgan fingerprint density at radius 2 is 1.04 bits per heavy atom. The van der Waals surface area contributed by atoms with Gasteiger partial charge in [0.1, 0.15) is 19.8 Å². The van der Waals surface area contributed by atoms with Gasteiger partial charge in [-0.05, 0) is 31.2 Å². The molecule has 0 aromatic heterocycles. The van der Waals surface area contributed by atoms with E-state index in [0.29, 0.717) is 50.3 Å². The smallest absolute Gasteiger partial charge is 0.161 e. The van der Waals surface area contributed by atoms with E-state index in [1.807, 2.05) is 49.4 Å². The highest BCUT2D eigenvalue weighted by Crippen LogP contribution is 2.27. The number of hydrogen-bond acceptors (Lipinski definition) is 6. The lowest BCUT2D eigenvalue weighted by molar-refractivity contribution is 0.0744. The number of rotatable bonds is 13. The van der Waals surface area contributed by atoms with Gasteiger partial charge in [-0.2, -0.15) is 0 Å². The number of aliphatic hydroxyl groups excluding tert-OH is 1. The second-order valence-electron chi connectivity index (χ2n) is 5.21. The minimum absolute atomic E-state index is 0.0378. The average Bonchev–Trinajstić information content (AvgIpc) is 2.68. The van der Waals surface area contributed by atoms with Crippen molar-refractivity contribution in [1.29, 1.82) is 0 Å². The largest absolute Gasteiger partial charge is 0.490 e. The number of hydrogen-bond donors (Lipinski definition) is 1. The van der Waals surface area contributed by atoms with Gasteiger partial charge < -0.3 is 28.8 Å². The lowest BCUT2D eigenvalue weighted by Crippen LogP contribution is -2.13. The molecule has 0 spiro atoms. The zero-order chi connectivity index (χ0) is 18.5. The van der Waals surface area contributed by atoms with Crippen LogP contribution < -0.4 is 18.9 Å². The highest BCUT2D eigenvalue weighted by molar-refractivity contribution is 5.40. The molecule has 0 aliphatic rings. The third-order valence-corrected chi connectivity index (χ3v) is 3.32. The van der Waals surface area contributed by atoms with Crippen LogP contribution in [0.25, 0.3) is 0 Å². The Hall–Kier alpha value is -2.44. The van der Waals surface area contributed by atoms with Crippen LogP contribution in [0.1, 0.15) is 6.92 Å². The Morgan fingerprint density at radius 3 is 1.46 bits per heavy atom. The lowest BCUT2D eigenvalue weighted by Gasteiger charge is -2.13. The Kier molecular flexibility index (Phi) is 9.18. The number of aliphatic hydroxyl groups is 1. The molecule has 0 fully saturated rings. The number of ether oxygens (including phenoxy) is 5. The van der Waals surface area contributed by atoms with Gasteiger partial charge in [0.25, 0.3) is 0 Å². The fourth-order valence-corrected chi connectivity index (χ4v) is 2.21. The lowest BCUT2D eigenvalue weighted by atomic mass is 10.3. The van der Waals surface area contributed by atoms with Crippen LogP contribution in [-0.4, -0.2) is 51.4 Å². The fraction of sp³-hybridized carbons (Fsp3) is 0.400. The van der Waals surface area contributed by atoms with Gasteiger partial charge >= 0.3 is 0 Å². The van der Waals surface area contributed by atoms with Gasteiger partial charge in [0.15, 0.2) is 23.0 Å². The quantitative estimate of drug-likeness (QED) is 0.553. The normalized spacial score (nSPS) is 10.4. The van der Waals surface area contributed by atoms with Crippen LogP contribution in [0.2, 0.25) is 0 Å². The standard InChI is InChI=1S/C20H26O6/c1-2-23-17-7-3-4-8-18(17)25-15-13-22-14-16-26-20-10-6-5-9-19(20)24-12-11-21/h3-10,21H,2,11-16H2,1H3. The van der Waals surface area contributed by atoms with E-state index in [1.165, 1.54) is 0 Å². The minimum Gasteiger partial charge on any atom is -0.490 e. The van der Waals surface area contributed by atoms with Crippen LogP contribution in [0.3, 0.4) is 0 Å². The molecule has 1 N–H and O–H groups in total. The molecular weight excluding hydrogens is 336 g/mol.